The Bertz CT molecular complexity index is 1680. The first-order chi connectivity index (χ1) is 23.0. The van der Waals surface area contributed by atoms with E-state index in [9.17, 15) is 4.79 Å². The molecule has 2 aliphatic carbocycles. The molecule has 1 aliphatic heterocycles. The lowest BCUT2D eigenvalue weighted by atomic mass is 9.87. The van der Waals surface area contributed by atoms with Crippen molar-refractivity contribution < 1.29 is 4.79 Å². The van der Waals surface area contributed by atoms with Crippen LogP contribution in [-0.2, 0) is 11.3 Å². The van der Waals surface area contributed by atoms with Crippen molar-refractivity contribution in [3.8, 4) is 0 Å². The quantitative estimate of drug-likeness (QED) is 0.161. The summed E-state index contributed by atoms with van der Waals surface area (Å²) < 4.78 is 0. The summed E-state index contributed by atoms with van der Waals surface area (Å²) >= 11 is 8.55. The standard InChI is InChI=1S/C43H48ClNOS/c1-4-7-9-15-34(13-5-2)35-20-18-31(19-21-35)29-45-30-32-14-12-16-36-26-40(42(46)28-33(6-3)39(36)25-32)38-23-22-37(27-41(38)44)43-17-10-8-11-24-47-43/h8,10-12,16-27,33-34,45H,4-7,9,13,15,28-30H2,1-3H3. The number of benzene rings is 2. The van der Waals surface area contributed by atoms with Crippen LogP contribution in [0.2, 0.25) is 5.02 Å². The van der Waals surface area contributed by atoms with E-state index in [2.05, 4.69) is 85.8 Å². The van der Waals surface area contributed by atoms with E-state index in [1.165, 1.54) is 55.2 Å². The first-order valence-corrected chi connectivity index (χ1v) is 18.7. The van der Waals surface area contributed by atoms with Crippen molar-refractivity contribution in [1.29, 1.82) is 0 Å². The predicted octanol–water partition coefficient (Wildman–Crippen LogP) is 12.1. The summed E-state index contributed by atoms with van der Waals surface area (Å²) in [4.78, 5) is 14.8. The van der Waals surface area contributed by atoms with Crippen molar-refractivity contribution in [2.24, 2.45) is 5.92 Å². The Kier molecular flexibility index (Phi) is 13.2. The third-order valence-electron chi connectivity index (χ3n) is 9.34. The molecule has 5 rings (SSSR count). The van der Waals surface area contributed by atoms with Gasteiger partial charge in [0.15, 0.2) is 5.78 Å². The lowest BCUT2D eigenvalue weighted by Gasteiger charge is -2.18. The first-order valence-electron chi connectivity index (χ1n) is 17.4. The number of Topliss-reactive ketones (excluding diaryl/α,β-unsaturated/α-hetero) is 1. The number of ketones is 1. The summed E-state index contributed by atoms with van der Waals surface area (Å²) in [6, 6.07) is 15.3. The van der Waals surface area contributed by atoms with Crippen LogP contribution in [-0.4, -0.2) is 12.3 Å². The smallest absolute Gasteiger partial charge is 0.164 e. The van der Waals surface area contributed by atoms with Gasteiger partial charge in [-0.25, -0.2) is 0 Å². The van der Waals surface area contributed by atoms with Crippen molar-refractivity contribution in [3.05, 3.63) is 146 Å². The van der Waals surface area contributed by atoms with Gasteiger partial charge in [-0.05, 0) is 101 Å². The van der Waals surface area contributed by atoms with Gasteiger partial charge in [-0.2, -0.15) is 0 Å². The second-order valence-corrected chi connectivity index (χ2v) is 14.1. The maximum absolute atomic E-state index is 13.7. The van der Waals surface area contributed by atoms with Gasteiger partial charge in [-0.15, -0.1) is 5.73 Å². The third-order valence-corrected chi connectivity index (χ3v) is 10.6. The number of unbranched alkanes of at least 4 members (excludes halogenated alkanes) is 2. The van der Waals surface area contributed by atoms with Crippen molar-refractivity contribution in [2.45, 2.75) is 84.6 Å². The molecular formula is C43H48ClNOS. The zero-order chi connectivity index (χ0) is 33.0. The van der Waals surface area contributed by atoms with E-state index >= 15 is 0 Å². The predicted molar refractivity (Wildman–Crippen MR) is 204 cm³/mol. The van der Waals surface area contributed by atoms with Gasteiger partial charge in [-0.1, -0.05) is 124 Å². The molecule has 0 radical (unpaired) electrons. The van der Waals surface area contributed by atoms with Gasteiger partial charge in [0.1, 0.15) is 0 Å². The van der Waals surface area contributed by atoms with Crippen LogP contribution in [0, 0.1) is 5.92 Å². The van der Waals surface area contributed by atoms with E-state index in [0.29, 0.717) is 29.5 Å². The molecule has 1 N–H and O–H groups in total. The number of carbonyl (C=O) groups is 1. The average Bonchev–Trinajstić information content (AvgIpc) is 3.52. The number of halogens is 1. The first kappa shape index (κ1) is 35.0. The molecule has 0 amide bonds. The fraction of sp³-hybridized carbons (Fsp3) is 0.349. The molecule has 0 saturated heterocycles. The molecular weight excluding hydrogens is 614 g/mol. The summed E-state index contributed by atoms with van der Waals surface area (Å²) in [5.41, 5.74) is 12.2. The highest BCUT2D eigenvalue weighted by Crippen LogP contribution is 2.40. The highest BCUT2D eigenvalue weighted by Gasteiger charge is 2.28. The zero-order valence-corrected chi connectivity index (χ0v) is 29.7. The summed E-state index contributed by atoms with van der Waals surface area (Å²) in [7, 11) is 0. The Morgan fingerprint density at radius 3 is 2.55 bits per heavy atom. The normalized spacial score (nSPS) is 18.3. The molecule has 2 nitrogen and oxygen atoms in total. The molecule has 3 aliphatic rings. The van der Waals surface area contributed by atoms with Gasteiger partial charge in [0.05, 0.1) is 0 Å². The Morgan fingerprint density at radius 2 is 1.79 bits per heavy atom. The molecule has 1 heterocycles. The van der Waals surface area contributed by atoms with Crippen LogP contribution in [0.5, 0.6) is 0 Å². The fourth-order valence-electron chi connectivity index (χ4n) is 6.68. The molecule has 47 heavy (non-hydrogen) atoms. The van der Waals surface area contributed by atoms with Crippen LogP contribution in [0.15, 0.2) is 119 Å². The van der Waals surface area contributed by atoms with E-state index in [-0.39, 0.29) is 11.7 Å². The highest BCUT2D eigenvalue weighted by atomic mass is 35.5. The zero-order valence-electron chi connectivity index (χ0n) is 28.2. The Balaban J connectivity index is 1.28. The molecule has 2 aromatic rings. The van der Waals surface area contributed by atoms with E-state index in [1.54, 1.807) is 11.8 Å². The molecule has 0 aromatic heterocycles. The number of rotatable bonds is 14. The van der Waals surface area contributed by atoms with Crippen molar-refractivity contribution in [1.82, 2.24) is 5.32 Å². The monoisotopic (exact) mass is 661 g/mol. The fourth-order valence-corrected chi connectivity index (χ4v) is 7.70. The molecule has 2 aromatic carbocycles. The van der Waals surface area contributed by atoms with Crippen LogP contribution in [0.1, 0.15) is 100 Å². The SMILES string of the molecule is CCCCCC(CCC)c1ccc(CNCC2=C=CC=C3C=C(c4ccc(C5=CC=CC=CS5)cc4Cl)C(=O)CC(CC)C3=C2)cc1. The lowest BCUT2D eigenvalue weighted by Crippen LogP contribution is -2.16. The van der Waals surface area contributed by atoms with Crippen molar-refractivity contribution in [3.63, 3.8) is 0 Å². The van der Waals surface area contributed by atoms with E-state index in [4.69, 9.17) is 11.6 Å². The largest absolute Gasteiger partial charge is 0.308 e. The number of allylic oxidation sites excluding steroid dienone is 9. The van der Waals surface area contributed by atoms with Gasteiger partial charge in [0.25, 0.3) is 0 Å². The Hall–Kier alpha value is -3.33. The third kappa shape index (κ3) is 9.40. The topological polar surface area (TPSA) is 29.1 Å². The maximum atomic E-state index is 13.7. The van der Waals surface area contributed by atoms with E-state index < -0.39 is 0 Å². The van der Waals surface area contributed by atoms with Crippen LogP contribution in [0.3, 0.4) is 0 Å². The molecule has 2 atom stereocenters. The van der Waals surface area contributed by atoms with E-state index in [1.807, 2.05) is 42.5 Å². The van der Waals surface area contributed by atoms with E-state index in [0.717, 1.165) is 40.1 Å². The molecule has 2 unspecified atom stereocenters. The van der Waals surface area contributed by atoms with Crippen LogP contribution < -0.4 is 5.32 Å². The van der Waals surface area contributed by atoms with Gasteiger partial charge in [0.2, 0.25) is 0 Å². The number of fused-ring (bicyclic) bond motifs is 1. The van der Waals surface area contributed by atoms with Crippen LogP contribution >= 0.6 is 23.4 Å². The van der Waals surface area contributed by atoms with Crippen LogP contribution in [0.4, 0.5) is 0 Å². The summed E-state index contributed by atoms with van der Waals surface area (Å²) in [6.45, 7) is 8.26. The van der Waals surface area contributed by atoms with Crippen molar-refractivity contribution in [2.75, 3.05) is 6.54 Å². The number of carbonyl (C=O) groups excluding carboxylic acids is 1. The summed E-state index contributed by atoms with van der Waals surface area (Å²) in [6.07, 6.45) is 25.6. The molecule has 0 bridgehead atoms. The van der Waals surface area contributed by atoms with Crippen LogP contribution in [0.25, 0.3) is 10.5 Å². The van der Waals surface area contributed by atoms with Gasteiger partial charge >= 0.3 is 0 Å². The Labute approximate surface area is 291 Å². The van der Waals surface area contributed by atoms with Gasteiger partial charge < -0.3 is 5.32 Å². The summed E-state index contributed by atoms with van der Waals surface area (Å²) in [5, 5.41) is 6.30. The highest BCUT2D eigenvalue weighted by molar-refractivity contribution is 8.10. The van der Waals surface area contributed by atoms with Crippen molar-refractivity contribution >= 4 is 39.6 Å². The second-order valence-electron chi connectivity index (χ2n) is 12.7. The van der Waals surface area contributed by atoms with Gasteiger partial charge in [0, 0.05) is 46.1 Å². The Morgan fingerprint density at radius 1 is 0.936 bits per heavy atom. The number of thioether (sulfide) groups is 1. The number of hydrogen-bond acceptors (Lipinski definition) is 3. The molecule has 0 saturated carbocycles. The number of nitrogens with one attached hydrogen (secondary N) is 1. The molecule has 0 fully saturated rings. The molecule has 244 valence electrons. The minimum Gasteiger partial charge on any atom is -0.308 e. The minimum absolute atomic E-state index is 0.135. The number of hydrogen-bond donors (Lipinski definition) is 1. The maximum Gasteiger partial charge on any atom is 0.164 e. The average molecular weight is 662 g/mol. The molecule has 0 spiro atoms. The summed E-state index contributed by atoms with van der Waals surface area (Å²) in [5.74, 6) is 0.943. The minimum atomic E-state index is 0.135. The van der Waals surface area contributed by atoms with Gasteiger partial charge in [-0.3, -0.25) is 4.79 Å². The lowest BCUT2D eigenvalue weighted by molar-refractivity contribution is -0.114. The second kappa shape index (κ2) is 17.7. The molecule has 4 heteroatoms.